The molecule has 0 bridgehead atoms. The van der Waals surface area contributed by atoms with Gasteiger partial charge in [0.25, 0.3) is 0 Å². The van der Waals surface area contributed by atoms with E-state index >= 15 is 0 Å². The van der Waals surface area contributed by atoms with Crippen molar-refractivity contribution in [2.75, 3.05) is 39.3 Å². The van der Waals surface area contributed by atoms with Gasteiger partial charge in [-0.25, -0.2) is 4.39 Å². The Balaban J connectivity index is 0.00000480. The summed E-state index contributed by atoms with van der Waals surface area (Å²) in [6.45, 7) is 16.5. The Kier molecular flexibility index (Phi) is 13.3. The van der Waals surface area contributed by atoms with Crippen LogP contribution in [0, 0.1) is 5.82 Å². The normalized spacial score (nSPS) is 18.5. The number of aryl methyl sites for hydroxylation is 1. The maximum atomic E-state index is 13.4. The van der Waals surface area contributed by atoms with Crippen molar-refractivity contribution in [2.24, 2.45) is 0 Å². The van der Waals surface area contributed by atoms with E-state index in [1.54, 1.807) is 0 Å². The zero-order valence-electron chi connectivity index (χ0n) is 28.3. The Hall–Kier alpha value is -2.67. The average molecular weight is 653 g/mol. The van der Waals surface area contributed by atoms with Crippen LogP contribution in [-0.4, -0.2) is 60.6 Å². The summed E-state index contributed by atoms with van der Waals surface area (Å²) in [6.07, 6.45) is 12.6. The summed E-state index contributed by atoms with van der Waals surface area (Å²) in [5, 5.41) is 0. The molecule has 3 heterocycles. The number of halogens is 2. The molecule has 1 atom stereocenters. The zero-order valence-corrected chi connectivity index (χ0v) is 29.1. The first-order chi connectivity index (χ1) is 21.9. The number of carbonyl (C=O) groups is 1. The topological polar surface area (TPSA) is 42.0 Å². The Morgan fingerprint density at radius 1 is 1.07 bits per heavy atom. The van der Waals surface area contributed by atoms with Crippen molar-refractivity contribution < 1.29 is 18.7 Å². The molecule has 5 nitrogen and oxygen atoms in total. The third-order valence-electron chi connectivity index (χ3n) is 10.3. The molecule has 0 amide bonds. The van der Waals surface area contributed by atoms with E-state index in [2.05, 4.69) is 49.3 Å². The van der Waals surface area contributed by atoms with Gasteiger partial charge in [0.2, 0.25) is 0 Å². The highest BCUT2D eigenvalue weighted by atomic mass is 35.5. The van der Waals surface area contributed by atoms with Crippen LogP contribution in [0.4, 0.5) is 4.39 Å². The number of rotatable bonds is 14. The molecule has 46 heavy (non-hydrogen) atoms. The molecule has 0 radical (unpaired) electrons. The molecule has 5 rings (SSSR count). The molecule has 0 aliphatic carbocycles. The lowest BCUT2D eigenvalue weighted by atomic mass is 9.76. The Labute approximate surface area is 282 Å². The lowest BCUT2D eigenvalue weighted by molar-refractivity contribution is -0.134. The van der Waals surface area contributed by atoms with E-state index in [4.69, 9.17) is 9.47 Å². The lowest BCUT2D eigenvalue weighted by Gasteiger charge is -2.45. The van der Waals surface area contributed by atoms with E-state index in [0.29, 0.717) is 12.2 Å². The monoisotopic (exact) mass is 652 g/mol. The summed E-state index contributed by atoms with van der Waals surface area (Å²) in [5.74, 6) is 1.36. The van der Waals surface area contributed by atoms with Crippen molar-refractivity contribution in [3.05, 3.63) is 77.1 Å². The van der Waals surface area contributed by atoms with Crippen LogP contribution in [0.5, 0.6) is 11.5 Å². The molecule has 7 heteroatoms. The van der Waals surface area contributed by atoms with Gasteiger partial charge in [-0.1, -0.05) is 45.4 Å². The highest BCUT2D eigenvalue weighted by molar-refractivity contribution is 5.85. The number of ether oxygens (including phenoxy) is 2. The van der Waals surface area contributed by atoms with E-state index < -0.39 is 0 Å². The highest BCUT2D eigenvalue weighted by Crippen LogP contribution is 2.51. The summed E-state index contributed by atoms with van der Waals surface area (Å²) in [4.78, 5) is 18.3. The number of hydrogen-bond donors (Lipinski definition) is 0. The Morgan fingerprint density at radius 2 is 1.80 bits per heavy atom. The average Bonchev–Trinajstić information content (AvgIpc) is 3.05. The van der Waals surface area contributed by atoms with Gasteiger partial charge in [-0.05, 0) is 130 Å². The largest absolute Gasteiger partial charge is 0.482 e. The smallest absolute Gasteiger partial charge is 0.311 e. The van der Waals surface area contributed by atoms with E-state index in [1.165, 1.54) is 42.5 Å². The van der Waals surface area contributed by atoms with Crippen molar-refractivity contribution in [3.8, 4) is 11.5 Å². The summed E-state index contributed by atoms with van der Waals surface area (Å²) < 4.78 is 26.7. The lowest BCUT2D eigenvalue weighted by Crippen LogP contribution is -2.45. The first-order valence-electron chi connectivity index (χ1n) is 17.5. The maximum absolute atomic E-state index is 13.4. The second kappa shape index (κ2) is 16.9. The molecule has 1 fully saturated rings. The molecule has 252 valence electrons. The highest BCUT2D eigenvalue weighted by Gasteiger charge is 2.43. The van der Waals surface area contributed by atoms with Crippen molar-refractivity contribution in [1.29, 1.82) is 0 Å². The summed E-state index contributed by atoms with van der Waals surface area (Å²) in [6, 6.07) is 11.1. The number of likely N-dealkylation sites (tertiary alicyclic amines) is 1. The van der Waals surface area contributed by atoms with Gasteiger partial charge in [-0.15, -0.1) is 19.0 Å². The van der Waals surface area contributed by atoms with E-state index in [0.717, 1.165) is 107 Å². The minimum absolute atomic E-state index is 0. The third kappa shape index (κ3) is 8.62. The van der Waals surface area contributed by atoms with Crippen LogP contribution in [-0.2, 0) is 11.2 Å². The number of hydrogen-bond acceptors (Lipinski definition) is 5. The first kappa shape index (κ1) is 36.2. The van der Waals surface area contributed by atoms with Gasteiger partial charge >= 0.3 is 5.97 Å². The van der Waals surface area contributed by atoms with Crippen molar-refractivity contribution in [2.45, 2.75) is 103 Å². The molecule has 3 aliphatic rings. The van der Waals surface area contributed by atoms with Crippen LogP contribution < -0.4 is 9.47 Å². The predicted molar refractivity (Wildman–Crippen MR) is 189 cm³/mol. The Morgan fingerprint density at radius 3 is 2.50 bits per heavy atom. The third-order valence-corrected chi connectivity index (χ3v) is 10.3. The van der Waals surface area contributed by atoms with Crippen molar-refractivity contribution >= 4 is 23.9 Å². The molecule has 0 saturated carbocycles. The number of fused-ring (bicyclic) bond motifs is 2. The fourth-order valence-electron chi connectivity index (χ4n) is 7.57. The van der Waals surface area contributed by atoms with Gasteiger partial charge in [0, 0.05) is 26.1 Å². The van der Waals surface area contributed by atoms with Gasteiger partial charge in [0.1, 0.15) is 22.9 Å². The SMILES string of the molecule is C=CCN1CCC2=C(C1)c1c(OC(=O)CCCN3CCCCC3)cc(C(C)CCCc3ccc(F)cc3)cc1OC2(CC)CC.Cl. The second-order valence-corrected chi connectivity index (χ2v) is 13.3. The van der Waals surface area contributed by atoms with Gasteiger partial charge in [0.05, 0.1) is 5.56 Å². The predicted octanol–water partition coefficient (Wildman–Crippen LogP) is 9.14. The van der Waals surface area contributed by atoms with E-state index in [-0.39, 0.29) is 35.7 Å². The molecule has 0 N–H and O–H groups in total. The molecule has 0 spiro atoms. The summed E-state index contributed by atoms with van der Waals surface area (Å²) in [7, 11) is 0. The summed E-state index contributed by atoms with van der Waals surface area (Å²) in [5.41, 5.74) is 5.52. The number of benzene rings is 2. The van der Waals surface area contributed by atoms with Gasteiger partial charge in [0.15, 0.2) is 0 Å². The quantitative estimate of drug-likeness (QED) is 0.116. The maximum Gasteiger partial charge on any atom is 0.311 e. The fraction of sp³-hybridized carbons (Fsp3) is 0.564. The molecule has 1 unspecified atom stereocenters. The van der Waals surface area contributed by atoms with Crippen molar-refractivity contribution in [1.82, 2.24) is 9.80 Å². The van der Waals surface area contributed by atoms with Gasteiger partial charge in [-0.2, -0.15) is 0 Å². The number of piperidine rings is 1. The molecule has 1 saturated heterocycles. The van der Waals surface area contributed by atoms with Crippen LogP contribution >= 0.6 is 12.4 Å². The summed E-state index contributed by atoms with van der Waals surface area (Å²) >= 11 is 0. The van der Waals surface area contributed by atoms with Gasteiger partial charge in [-0.3, -0.25) is 9.69 Å². The van der Waals surface area contributed by atoms with Crippen LogP contribution in [0.25, 0.3) is 5.57 Å². The molecule has 3 aliphatic heterocycles. The molecule has 2 aromatic rings. The fourth-order valence-corrected chi connectivity index (χ4v) is 7.57. The molecule has 2 aromatic carbocycles. The van der Waals surface area contributed by atoms with Crippen molar-refractivity contribution in [3.63, 3.8) is 0 Å². The number of nitrogens with zero attached hydrogens (tertiary/aromatic N) is 2. The molecular weight excluding hydrogens is 599 g/mol. The second-order valence-electron chi connectivity index (χ2n) is 13.3. The molecule has 0 aromatic heterocycles. The van der Waals surface area contributed by atoms with Crippen LogP contribution in [0.1, 0.15) is 108 Å². The minimum atomic E-state index is -0.344. The Bertz CT molecular complexity index is 1350. The van der Waals surface area contributed by atoms with E-state index in [9.17, 15) is 9.18 Å². The molecular formula is C39H54ClFN2O3. The van der Waals surface area contributed by atoms with Crippen LogP contribution in [0.2, 0.25) is 0 Å². The standard InChI is InChI=1S/C39H53FN2O3.ClH/c1-5-21-42-25-20-34-33(28-42)38-35(44-37(43)15-12-24-41-22-9-8-10-23-41)26-31(27-36(38)45-39(34,6-2)7-3)29(4)13-11-14-30-16-18-32(40)19-17-30;/h5,16-19,26-27,29H,1,6-15,20-25,28H2,2-4H3;1H. The van der Waals surface area contributed by atoms with Crippen LogP contribution in [0.15, 0.2) is 54.6 Å². The number of esters is 1. The van der Waals surface area contributed by atoms with Gasteiger partial charge < -0.3 is 14.4 Å². The van der Waals surface area contributed by atoms with Crippen LogP contribution in [0.3, 0.4) is 0 Å². The zero-order chi connectivity index (χ0) is 31.8. The first-order valence-corrected chi connectivity index (χ1v) is 17.5. The minimum Gasteiger partial charge on any atom is -0.482 e. The number of carbonyl (C=O) groups excluding carboxylic acids is 1. The van der Waals surface area contributed by atoms with E-state index in [1.807, 2.05) is 18.2 Å².